The van der Waals surface area contributed by atoms with Gasteiger partial charge in [0.15, 0.2) is 30.0 Å². The van der Waals surface area contributed by atoms with Crippen molar-refractivity contribution >= 4 is 0 Å². The Bertz CT molecular complexity index is 4850. The van der Waals surface area contributed by atoms with E-state index in [0.29, 0.717) is 27.8 Å². The maximum absolute atomic E-state index is 7.81. The topological polar surface area (TPSA) is 19.4 Å². The Morgan fingerprint density at radius 2 is 0.696 bits per heavy atom. The van der Waals surface area contributed by atoms with Crippen molar-refractivity contribution in [2.45, 2.75) is 227 Å². The SMILES string of the molecule is CCc1c[n+](C)c(-c2ccccc2C)cc1C1CCCC1.Cc1ccccc1-c1cc(C2CCCC2)c(CC(C)(C)C)c[n+]1C.Cc1ccccc1-c1cc(CC(C)(C)C)c(CC(C)(C)C)c[n+]1C.[2H]C([2H])([2H])c1c(C)cc(-c2ccccc2C)[n+](C)c1C([2H])([2H])[2H].[2H]C([2H])([2H])c1cc(C)cc(-c2ccccc2C)[n+]1C. The lowest BCUT2D eigenvalue weighted by atomic mass is 9.81. The lowest BCUT2D eigenvalue weighted by Gasteiger charge is -2.24. The van der Waals surface area contributed by atoms with Crippen LogP contribution in [0.3, 0.4) is 0 Å². The van der Waals surface area contributed by atoms with E-state index in [2.05, 4.69) is 234 Å². The number of benzene rings is 5. The predicted molar refractivity (Wildman–Crippen MR) is 434 cm³/mol. The number of nitrogens with zero attached hydrogens (tertiary/aromatic N) is 5. The third-order valence-corrected chi connectivity index (χ3v) is 20.6. The molecule has 2 aliphatic carbocycles. The van der Waals surface area contributed by atoms with E-state index in [1.165, 1.54) is 123 Å². The number of hydrogen-bond donors (Lipinski definition) is 0. The molecular weight excluding hydrogens is 1240 g/mol. The summed E-state index contributed by atoms with van der Waals surface area (Å²) in [5.74, 6) is 1.54. The molecular formula is C97H130N5+5. The van der Waals surface area contributed by atoms with Crippen LogP contribution < -0.4 is 22.8 Å². The summed E-state index contributed by atoms with van der Waals surface area (Å²) in [6.45, 7) is 30.4. The highest BCUT2D eigenvalue weighted by molar-refractivity contribution is 5.66. The van der Waals surface area contributed by atoms with E-state index in [1.54, 1.807) is 47.4 Å². The van der Waals surface area contributed by atoms with Gasteiger partial charge in [0.05, 0.1) is 0 Å². The van der Waals surface area contributed by atoms with Crippen molar-refractivity contribution in [3.05, 3.63) is 266 Å². The Kier molecular flexibility index (Phi) is 22.9. The Morgan fingerprint density at radius 1 is 0.353 bits per heavy atom. The Hall–Kier alpha value is -8.15. The highest BCUT2D eigenvalue weighted by Gasteiger charge is 2.30. The lowest BCUT2D eigenvalue weighted by molar-refractivity contribution is -0.667. The highest BCUT2D eigenvalue weighted by Crippen LogP contribution is 2.40. The monoisotopic (exact) mass is 1370 g/mol. The maximum Gasteiger partial charge on any atom is 0.212 e. The molecule has 0 radical (unpaired) electrons. The molecule has 12 rings (SSSR count). The summed E-state index contributed by atoms with van der Waals surface area (Å²) in [5.41, 5.74) is 29.6. The minimum atomic E-state index is -2.51. The molecule has 5 nitrogen and oxygen atoms in total. The molecule has 0 spiro atoms. The first-order valence-corrected chi connectivity index (χ1v) is 37.7. The highest BCUT2D eigenvalue weighted by atomic mass is 15.0. The average Bonchev–Trinajstić information content (AvgIpc) is 1.19. The van der Waals surface area contributed by atoms with Gasteiger partial charge in [0.1, 0.15) is 35.2 Å². The largest absolute Gasteiger partial charge is 0.212 e. The quantitative estimate of drug-likeness (QED) is 0.115. The Morgan fingerprint density at radius 3 is 1.07 bits per heavy atom. The van der Waals surface area contributed by atoms with Gasteiger partial charge in [0.25, 0.3) is 0 Å². The molecule has 5 heteroatoms. The van der Waals surface area contributed by atoms with Crippen molar-refractivity contribution in [3.8, 4) is 56.3 Å². The van der Waals surface area contributed by atoms with Crippen LogP contribution in [-0.2, 0) is 60.9 Å². The molecule has 0 unspecified atom stereocenters. The Balaban J connectivity index is 0.000000175. The van der Waals surface area contributed by atoms with E-state index in [4.69, 9.17) is 12.3 Å². The van der Waals surface area contributed by atoms with Crippen LogP contribution in [0.25, 0.3) is 56.3 Å². The zero-order valence-corrected chi connectivity index (χ0v) is 66.6. The predicted octanol–water partition coefficient (Wildman–Crippen LogP) is 22.6. The molecule has 102 heavy (non-hydrogen) atoms. The molecule has 0 amide bonds. The summed E-state index contributed by atoms with van der Waals surface area (Å²) in [5, 5.41) is 0. The first-order chi connectivity index (χ1) is 51.8. The van der Waals surface area contributed by atoms with Gasteiger partial charge >= 0.3 is 0 Å². The van der Waals surface area contributed by atoms with Crippen LogP contribution in [0.1, 0.15) is 234 Å². The summed E-state index contributed by atoms with van der Waals surface area (Å²) >= 11 is 0. The Labute approximate surface area is 632 Å². The average molecular weight is 1380 g/mol. The third-order valence-electron chi connectivity index (χ3n) is 20.6. The minimum absolute atomic E-state index is 0.0858. The van der Waals surface area contributed by atoms with Gasteiger partial charge in [-0.3, -0.25) is 0 Å². The van der Waals surface area contributed by atoms with Crippen molar-refractivity contribution in [1.29, 1.82) is 0 Å². The van der Waals surface area contributed by atoms with Crippen LogP contribution in [0, 0.1) is 85.3 Å². The molecule has 10 aromatic rings. The molecule has 5 aromatic carbocycles. The van der Waals surface area contributed by atoms with Crippen molar-refractivity contribution in [1.82, 2.24) is 0 Å². The van der Waals surface area contributed by atoms with Crippen LogP contribution in [0.4, 0.5) is 0 Å². The summed E-state index contributed by atoms with van der Waals surface area (Å²) < 4.78 is 79.7. The van der Waals surface area contributed by atoms with E-state index in [-0.39, 0.29) is 16.7 Å². The molecule has 5 aromatic heterocycles. The van der Waals surface area contributed by atoms with Crippen molar-refractivity contribution in [2.24, 2.45) is 51.5 Å². The molecule has 0 atom stereocenters. The standard InChI is InChI=1S/C23H32N.C23H34N.C20H26N.C16H20N.C15H18N/c1-17-10-6-9-13-20(17)22-14-21(18-11-7-8-12-18)19(16-24(22)5)15-23(2,3)4;1-17-11-9-10-12-20(17)21-13-18(14-22(2,3)4)19(16-24(21)8)15-23(5,6)7;1-4-16-14-21(3)20(18-12-8-5-9-15(18)2)13-19(16)17-10-6-7-11-17;1-11-8-6-7-9-15(11)16-10-12(2)13(3)14(4)17(16)5;1-11-9-13(3)16(4)15(10-11)14-8-6-5-7-12(14)2/h6,9-10,13-14,16,18H,7-8,11-12,15H2,1-5H3;9-13,16H,14-15H2,1-8H3;5,8-9,12-14,17H,4,6-7,10-11H2,1-3H3;6-10H,1-5H3;5-10H,1-4H3/q5*+1/i;;;3D3,4D3;3D3. The summed E-state index contributed by atoms with van der Waals surface area (Å²) in [7, 11) is 9.97. The number of hydrogen-bond acceptors (Lipinski definition) is 0. The number of aryl methyl sites for hydroxylation is 12. The van der Waals surface area contributed by atoms with Crippen LogP contribution in [-0.4, -0.2) is 0 Å². The molecule has 2 saturated carbocycles. The zero-order chi connectivity index (χ0) is 82.0. The molecule has 0 saturated heterocycles. The second-order valence-corrected chi connectivity index (χ2v) is 33.3. The van der Waals surface area contributed by atoms with Crippen LogP contribution in [0.5, 0.6) is 0 Å². The molecule has 2 fully saturated rings. The molecule has 538 valence electrons. The maximum atomic E-state index is 7.81. The number of aromatic nitrogens is 5. The lowest BCUT2D eigenvalue weighted by Crippen LogP contribution is -2.36. The van der Waals surface area contributed by atoms with Crippen molar-refractivity contribution < 1.29 is 35.2 Å². The van der Waals surface area contributed by atoms with Crippen LogP contribution in [0.15, 0.2) is 176 Å². The second-order valence-electron chi connectivity index (χ2n) is 33.3. The van der Waals surface area contributed by atoms with E-state index >= 15 is 0 Å². The number of rotatable bonds is 11. The van der Waals surface area contributed by atoms with Crippen molar-refractivity contribution in [3.63, 3.8) is 0 Å². The van der Waals surface area contributed by atoms with Gasteiger partial charge in [-0.1, -0.05) is 186 Å². The molecule has 5 heterocycles. The summed E-state index contributed by atoms with van der Waals surface area (Å²) in [6.07, 6.45) is 22.7. The molecule has 0 aliphatic heterocycles. The van der Waals surface area contributed by atoms with Gasteiger partial charge in [-0.05, 0) is 221 Å². The molecule has 0 N–H and O–H groups in total. The normalized spacial score (nSPS) is 15.0. The first-order valence-electron chi connectivity index (χ1n) is 42.2. The summed E-state index contributed by atoms with van der Waals surface area (Å²) in [4.78, 5) is 0. The first kappa shape index (κ1) is 67.0. The molecule has 2 aliphatic rings. The van der Waals surface area contributed by atoms with Gasteiger partial charge < -0.3 is 0 Å². The van der Waals surface area contributed by atoms with E-state index < -0.39 is 20.6 Å². The fourth-order valence-corrected chi connectivity index (χ4v) is 15.2. The van der Waals surface area contributed by atoms with Gasteiger partial charge in [-0.15, -0.1) is 0 Å². The van der Waals surface area contributed by atoms with E-state index in [9.17, 15) is 0 Å². The van der Waals surface area contributed by atoms with Gasteiger partial charge in [0, 0.05) is 113 Å². The van der Waals surface area contributed by atoms with E-state index in [1.807, 2.05) is 82.4 Å². The van der Waals surface area contributed by atoms with Crippen LogP contribution >= 0.6 is 0 Å². The van der Waals surface area contributed by atoms with E-state index in [0.717, 1.165) is 71.0 Å². The van der Waals surface area contributed by atoms with Crippen molar-refractivity contribution in [2.75, 3.05) is 0 Å². The van der Waals surface area contributed by atoms with Gasteiger partial charge in [-0.2, -0.15) is 9.13 Å². The van der Waals surface area contributed by atoms with Gasteiger partial charge in [-0.25, -0.2) is 13.7 Å². The minimum Gasteiger partial charge on any atom is -0.201 e. The van der Waals surface area contributed by atoms with Crippen LogP contribution in [0.2, 0.25) is 0 Å². The molecule has 0 bridgehead atoms. The summed E-state index contributed by atoms with van der Waals surface area (Å²) in [6, 6.07) is 54.7. The fraction of sp³-hybridized carbons (Fsp3) is 0.433. The third kappa shape index (κ3) is 21.0. The van der Waals surface area contributed by atoms with Gasteiger partial charge in [0.2, 0.25) is 28.5 Å². The fourth-order valence-electron chi connectivity index (χ4n) is 15.2. The smallest absolute Gasteiger partial charge is 0.201 e. The zero-order valence-electron chi connectivity index (χ0n) is 75.6. The number of pyridine rings is 5. The second kappa shape index (κ2) is 34.9.